The molecule has 2 aliphatic heterocycles. The van der Waals surface area contributed by atoms with Crippen molar-refractivity contribution < 1.29 is 4.74 Å². The van der Waals surface area contributed by atoms with Crippen molar-refractivity contribution >= 4 is 11.2 Å². The third kappa shape index (κ3) is 2.34. The highest BCUT2D eigenvalue weighted by Gasteiger charge is 2.29. The van der Waals surface area contributed by atoms with Crippen LogP contribution < -0.4 is 0 Å². The summed E-state index contributed by atoms with van der Waals surface area (Å²) in [5.74, 6) is 1.78. The Kier molecular flexibility index (Phi) is 3.39. The van der Waals surface area contributed by atoms with Gasteiger partial charge >= 0.3 is 0 Å². The number of rotatable bonds is 3. The smallest absolute Gasteiger partial charge is 0.160 e. The lowest BCUT2D eigenvalue weighted by molar-refractivity contribution is 0.182. The van der Waals surface area contributed by atoms with Crippen LogP contribution >= 0.6 is 0 Å². The van der Waals surface area contributed by atoms with Crippen LogP contribution in [0.4, 0.5) is 0 Å². The number of aromatic nitrogens is 3. The Morgan fingerprint density at radius 3 is 3.10 bits per heavy atom. The van der Waals surface area contributed by atoms with E-state index in [1.54, 1.807) is 0 Å². The third-order valence-electron chi connectivity index (χ3n) is 4.82. The summed E-state index contributed by atoms with van der Waals surface area (Å²) in [6.07, 6.45) is 5.46. The van der Waals surface area contributed by atoms with E-state index in [1.165, 1.54) is 18.7 Å². The van der Waals surface area contributed by atoms with E-state index >= 15 is 0 Å². The molecule has 21 heavy (non-hydrogen) atoms. The number of imidazole rings is 1. The van der Waals surface area contributed by atoms with Gasteiger partial charge in [0, 0.05) is 25.3 Å². The SMILES string of the molecule is CN1CCCC1c1nc2cccnc2n1CC1CCOC1. The van der Waals surface area contributed by atoms with Crippen LogP contribution in [0.15, 0.2) is 18.3 Å². The summed E-state index contributed by atoms with van der Waals surface area (Å²) in [4.78, 5) is 11.9. The Bertz CT molecular complexity index is 632. The second-order valence-electron chi connectivity index (χ2n) is 6.29. The van der Waals surface area contributed by atoms with E-state index in [0.717, 1.165) is 43.9 Å². The molecule has 4 heterocycles. The summed E-state index contributed by atoms with van der Waals surface area (Å²) < 4.78 is 7.89. The van der Waals surface area contributed by atoms with E-state index in [2.05, 4.69) is 27.6 Å². The van der Waals surface area contributed by atoms with Crippen LogP contribution in [0.3, 0.4) is 0 Å². The van der Waals surface area contributed by atoms with Gasteiger partial charge in [0.15, 0.2) is 5.65 Å². The molecule has 5 heteroatoms. The molecule has 2 aliphatic rings. The van der Waals surface area contributed by atoms with Crippen molar-refractivity contribution in [1.29, 1.82) is 0 Å². The first kappa shape index (κ1) is 13.2. The molecule has 0 saturated carbocycles. The maximum atomic E-state index is 5.54. The quantitative estimate of drug-likeness (QED) is 0.868. The van der Waals surface area contributed by atoms with Crippen LogP contribution in [0.1, 0.15) is 31.1 Å². The Hall–Kier alpha value is -1.46. The first-order valence-electron chi connectivity index (χ1n) is 7.92. The average Bonchev–Trinajstić information content (AvgIpc) is 3.20. The molecule has 2 atom stereocenters. The fourth-order valence-electron chi connectivity index (χ4n) is 3.63. The molecule has 112 valence electrons. The standard InChI is InChI=1S/C16H22N4O/c1-19-8-3-5-14(19)16-18-13-4-2-7-17-15(13)20(16)10-12-6-9-21-11-12/h2,4,7,12,14H,3,5-6,8-11H2,1H3. The normalized spacial score (nSPS) is 26.9. The van der Waals surface area contributed by atoms with Gasteiger partial charge in [-0.15, -0.1) is 0 Å². The molecule has 0 N–H and O–H groups in total. The zero-order valence-corrected chi connectivity index (χ0v) is 12.5. The highest BCUT2D eigenvalue weighted by molar-refractivity contribution is 5.71. The van der Waals surface area contributed by atoms with Gasteiger partial charge < -0.3 is 9.30 Å². The van der Waals surface area contributed by atoms with E-state index in [1.807, 2.05) is 12.3 Å². The van der Waals surface area contributed by atoms with Gasteiger partial charge in [0.25, 0.3) is 0 Å². The molecule has 0 spiro atoms. The maximum Gasteiger partial charge on any atom is 0.160 e. The van der Waals surface area contributed by atoms with Gasteiger partial charge in [-0.05, 0) is 45.0 Å². The molecule has 0 amide bonds. The largest absolute Gasteiger partial charge is 0.381 e. The van der Waals surface area contributed by atoms with E-state index in [0.29, 0.717) is 12.0 Å². The van der Waals surface area contributed by atoms with Crippen LogP contribution in [-0.2, 0) is 11.3 Å². The molecule has 2 aromatic rings. The van der Waals surface area contributed by atoms with Gasteiger partial charge in [0.1, 0.15) is 11.3 Å². The van der Waals surface area contributed by atoms with Gasteiger partial charge in [-0.1, -0.05) is 0 Å². The third-order valence-corrected chi connectivity index (χ3v) is 4.82. The second kappa shape index (κ2) is 5.39. The van der Waals surface area contributed by atoms with Crippen LogP contribution in [0.2, 0.25) is 0 Å². The number of hydrogen-bond donors (Lipinski definition) is 0. The molecule has 0 aromatic carbocycles. The van der Waals surface area contributed by atoms with Crippen molar-refractivity contribution in [3.05, 3.63) is 24.2 Å². The summed E-state index contributed by atoms with van der Waals surface area (Å²) in [7, 11) is 2.20. The maximum absolute atomic E-state index is 5.54. The Morgan fingerprint density at radius 2 is 2.33 bits per heavy atom. The highest BCUT2D eigenvalue weighted by Crippen LogP contribution is 2.32. The fraction of sp³-hybridized carbons (Fsp3) is 0.625. The zero-order chi connectivity index (χ0) is 14.2. The lowest BCUT2D eigenvalue weighted by atomic mass is 10.1. The lowest BCUT2D eigenvalue weighted by Gasteiger charge is -2.21. The molecule has 4 rings (SSSR count). The molecule has 2 saturated heterocycles. The van der Waals surface area contributed by atoms with E-state index in [4.69, 9.17) is 9.72 Å². The summed E-state index contributed by atoms with van der Waals surface area (Å²) >= 11 is 0. The number of likely N-dealkylation sites (tertiary alicyclic amines) is 1. The first-order valence-corrected chi connectivity index (χ1v) is 7.92. The molecule has 0 bridgehead atoms. The van der Waals surface area contributed by atoms with E-state index in [9.17, 15) is 0 Å². The number of nitrogens with zero attached hydrogens (tertiary/aromatic N) is 4. The lowest BCUT2D eigenvalue weighted by Crippen LogP contribution is -2.23. The molecule has 0 aliphatic carbocycles. The van der Waals surface area contributed by atoms with Crippen molar-refractivity contribution in [1.82, 2.24) is 19.4 Å². The fourth-order valence-corrected chi connectivity index (χ4v) is 3.63. The van der Waals surface area contributed by atoms with Crippen molar-refractivity contribution in [2.24, 2.45) is 5.92 Å². The van der Waals surface area contributed by atoms with Crippen LogP contribution in [0.5, 0.6) is 0 Å². The number of fused-ring (bicyclic) bond motifs is 1. The highest BCUT2D eigenvalue weighted by atomic mass is 16.5. The van der Waals surface area contributed by atoms with Crippen LogP contribution in [-0.4, -0.2) is 46.2 Å². The van der Waals surface area contributed by atoms with Crippen molar-refractivity contribution in [3.63, 3.8) is 0 Å². The summed E-state index contributed by atoms with van der Waals surface area (Å²) in [6, 6.07) is 4.48. The van der Waals surface area contributed by atoms with Gasteiger partial charge in [0.2, 0.25) is 0 Å². The molecule has 2 fully saturated rings. The Balaban J connectivity index is 1.76. The Morgan fingerprint density at radius 1 is 1.38 bits per heavy atom. The van der Waals surface area contributed by atoms with Crippen LogP contribution in [0.25, 0.3) is 11.2 Å². The Labute approximate surface area is 124 Å². The molecule has 2 aromatic heterocycles. The zero-order valence-electron chi connectivity index (χ0n) is 12.5. The first-order chi connectivity index (χ1) is 10.3. The van der Waals surface area contributed by atoms with Crippen molar-refractivity contribution in [3.8, 4) is 0 Å². The number of hydrogen-bond acceptors (Lipinski definition) is 4. The van der Waals surface area contributed by atoms with E-state index < -0.39 is 0 Å². The minimum Gasteiger partial charge on any atom is -0.381 e. The minimum atomic E-state index is 0.432. The second-order valence-corrected chi connectivity index (χ2v) is 6.29. The number of ether oxygens (including phenoxy) is 1. The molecule has 2 unspecified atom stereocenters. The van der Waals surface area contributed by atoms with Crippen molar-refractivity contribution in [2.75, 3.05) is 26.8 Å². The summed E-state index contributed by atoms with van der Waals surface area (Å²) in [5.41, 5.74) is 2.05. The number of pyridine rings is 1. The predicted octanol–water partition coefficient (Wildman–Crippen LogP) is 2.23. The average molecular weight is 286 g/mol. The summed E-state index contributed by atoms with van der Waals surface area (Å²) in [6.45, 7) is 3.90. The molecular formula is C16H22N4O. The molecule has 0 radical (unpaired) electrons. The minimum absolute atomic E-state index is 0.432. The van der Waals surface area contributed by atoms with Crippen LogP contribution in [0, 0.1) is 5.92 Å². The molecule has 5 nitrogen and oxygen atoms in total. The van der Waals surface area contributed by atoms with Crippen molar-refractivity contribution in [2.45, 2.75) is 31.8 Å². The summed E-state index contributed by atoms with van der Waals surface area (Å²) in [5, 5.41) is 0. The van der Waals surface area contributed by atoms with Gasteiger partial charge in [-0.2, -0.15) is 0 Å². The topological polar surface area (TPSA) is 43.2 Å². The molecular weight excluding hydrogens is 264 g/mol. The van der Waals surface area contributed by atoms with Gasteiger partial charge in [0.05, 0.1) is 12.6 Å². The van der Waals surface area contributed by atoms with E-state index in [-0.39, 0.29) is 0 Å². The van der Waals surface area contributed by atoms with Gasteiger partial charge in [-0.3, -0.25) is 4.90 Å². The predicted molar refractivity (Wildman–Crippen MR) is 81.1 cm³/mol. The van der Waals surface area contributed by atoms with Gasteiger partial charge in [-0.25, -0.2) is 9.97 Å². The monoisotopic (exact) mass is 286 g/mol.